The minimum atomic E-state index is -0.551. The van der Waals surface area contributed by atoms with Gasteiger partial charge in [-0.15, -0.1) is 0 Å². The number of carbonyl (C=O) groups is 1. The number of fused-ring (bicyclic) bond motifs is 1. The molecule has 0 aliphatic carbocycles. The molecule has 1 aliphatic rings. The van der Waals surface area contributed by atoms with Crippen LogP contribution in [0.25, 0.3) is 10.2 Å². The van der Waals surface area contributed by atoms with Crippen molar-refractivity contribution in [1.82, 2.24) is 4.98 Å². The van der Waals surface area contributed by atoms with Gasteiger partial charge in [-0.2, -0.15) is 0 Å². The van der Waals surface area contributed by atoms with Gasteiger partial charge < -0.3 is 14.0 Å². The summed E-state index contributed by atoms with van der Waals surface area (Å²) in [7, 11) is -0.437. The number of hydrogen-bond acceptors (Lipinski definition) is 6. The number of anilines is 1. The lowest BCUT2D eigenvalue weighted by Crippen LogP contribution is -2.41. The average Bonchev–Trinajstić information content (AvgIpc) is 2.93. The van der Waals surface area contributed by atoms with Crippen molar-refractivity contribution in [2.24, 2.45) is 0 Å². The summed E-state index contributed by atoms with van der Waals surface area (Å²) in [4.78, 5) is 16.4. The number of aromatic nitrogens is 1. The number of carbonyl (C=O) groups excluding carboxylic acids is 1. The minimum absolute atomic E-state index is 0.391. The Kier molecular flexibility index (Phi) is 4.57. The lowest BCUT2D eigenvalue weighted by Gasteiger charge is -2.32. The van der Waals surface area contributed by atoms with Crippen molar-refractivity contribution in [2.75, 3.05) is 5.32 Å². The van der Waals surface area contributed by atoms with Gasteiger partial charge in [0.2, 0.25) is 0 Å². The van der Waals surface area contributed by atoms with E-state index >= 15 is 0 Å². The Balaban J connectivity index is 1.79. The molecule has 26 heavy (non-hydrogen) atoms. The summed E-state index contributed by atoms with van der Waals surface area (Å²) in [6.07, 6.45) is -0.511. The van der Waals surface area contributed by atoms with Crippen LogP contribution in [-0.4, -0.2) is 35.0 Å². The minimum Gasteiger partial charge on any atom is -0.444 e. The summed E-state index contributed by atoms with van der Waals surface area (Å²) in [5.41, 5.74) is 0.361. The quantitative estimate of drug-likeness (QED) is 0.804. The molecule has 1 aromatic heterocycles. The van der Waals surface area contributed by atoms with Gasteiger partial charge in [0.25, 0.3) is 0 Å². The lowest BCUT2D eigenvalue weighted by molar-refractivity contribution is 0.00578. The first-order chi connectivity index (χ1) is 11.9. The third kappa shape index (κ3) is 3.87. The molecule has 1 aliphatic heterocycles. The highest BCUT2D eigenvalue weighted by Gasteiger charge is 2.51. The molecule has 1 aromatic carbocycles. The monoisotopic (exact) mass is 376 g/mol. The largest absolute Gasteiger partial charge is 0.494 e. The summed E-state index contributed by atoms with van der Waals surface area (Å²) in [5, 5.41) is 3.19. The fraction of sp³-hybridized carbons (Fsp3) is 0.556. The Morgan fingerprint density at radius 1 is 1.19 bits per heavy atom. The van der Waals surface area contributed by atoms with E-state index in [2.05, 4.69) is 10.3 Å². The molecule has 0 unspecified atom stereocenters. The second kappa shape index (κ2) is 6.21. The molecule has 1 amide bonds. The predicted octanol–water partition coefficient (Wildman–Crippen LogP) is 3.94. The summed E-state index contributed by atoms with van der Waals surface area (Å²) in [5.74, 6) is 0. The van der Waals surface area contributed by atoms with Gasteiger partial charge in [-0.1, -0.05) is 17.4 Å². The maximum Gasteiger partial charge on any atom is 0.494 e. The number of ether oxygens (including phenoxy) is 1. The maximum atomic E-state index is 11.9. The molecule has 8 heteroatoms. The van der Waals surface area contributed by atoms with Gasteiger partial charge in [-0.05, 0) is 66.1 Å². The Hall–Kier alpha value is -1.64. The number of nitrogens with zero attached hydrogens (tertiary/aromatic N) is 1. The number of thiazole rings is 1. The molecule has 0 radical (unpaired) electrons. The zero-order valence-corrected chi connectivity index (χ0v) is 17.1. The fourth-order valence-electron chi connectivity index (χ4n) is 2.51. The van der Waals surface area contributed by atoms with Gasteiger partial charge in [-0.25, -0.2) is 9.78 Å². The van der Waals surface area contributed by atoms with E-state index in [1.165, 1.54) is 11.3 Å². The fourth-order valence-corrected chi connectivity index (χ4v) is 3.35. The Morgan fingerprint density at radius 2 is 1.81 bits per heavy atom. The van der Waals surface area contributed by atoms with Gasteiger partial charge in [-0.3, -0.25) is 5.32 Å². The van der Waals surface area contributed by atoms with Crippen molar-refractivity contribution >= 4 is 45.4 Å². The first-order valence-electron chi connectivity index (χ1n) is 8.62. The molecule has 0 atom stereocenters. The molecule has 2 aromatic rings. The van der Waals surface area contributed by atoms with Crippen molar-refractivity contribution in [3.05, 3.63) is 18.2 Å². The van der Waals surface area contributed by atoms with Gasteiger partial charge in [0, 0.05) is 0 Å². The molecule has 0 saturated carbocycles. The number of benzene rings is 1. The van der Waals surface area contributed by atoms with Crippen LogP contribution in [0.2, 0.25) is 0 Å². The van der Waals surface area contributed by atoms with E-state index in [0.29, 0.717) is 5.13 Å². The van der Waals surface area contributed by atoms with Gasteiger partial charge >= 0.3 is 13.2 Å². The van der Waals surface area contributed by atoms with E-state index in [-0.39, 0.29) is 0 Å². The molecule has 1 N–H and O–H groups in total. The number of hydrogen-bond donors (Lipinski definition) is 1. The van der Waals surface area contributed by atoms with Crippen LogP contribution in [0.4, 0.5) is 9.93 Å². The highest BCUT2D eigenvalue weighted by Crippen LogP contribution is 2.36. The molecular weight excluding hydrogens is 351 g/mol. The van der Waals surface area contributed by atoms with Crippen LogP contribution in [0.5, 0.6) is 0 Å². The predicted molar refractivity (Wildman–Crippen MR) is 105 cm³/mol. The second-order valence-corrected chi connectivity index (χ2v) is 9.49. The van der Waals surface area contributed by atoms with Crippen LogP contribution >= 0.6 is 11.3 Å². The normalized spacial score (nSPS) is 19.0. The van der Waals surface area contributed by atoms with Crippen molar-refractivity contribution in [3.63, 3.8) is 0 Å². The summed E-state index contributed by atoms with van der Waals surface area (Å²) in [6, 6.07) is 5.88. The number of amides is 1. The zero-order valence-electron chi connectivity index (χ0n) is 16.3. The molecule has 1 fully saturated rings. The van der Waals surface area contributed by atoms with E-state index in [0.717, 1.165) is 15.7 Å². The SMILES string of the molecule is CC(C)(C)OC(=O)Nc1nc2cc(B3OC(C)(C)C(C)(C)O3)ccc2s1. The number of rotatable bonds is 2. The van der Waals surface area contributed by atoms with E-state index in [9.17, 15) is 4.79 Å². The van der Waals surface area contributed by atoms with Crippen molar-refractivity contribution in [1.29, 1.82) is 0 Å². The maximum absolute atomic E-state index is 11.9. The lowest BCUT2D eigenvalue weighted by atomic mass is 9.79. The molecular formula is C18H25BN2O4S. The molecule has 0 spiro atoms. The Labute approximate surface area is 158 Å². The van der Waals surface area contributed by atoms with Crippen LogP contribution in [0.15, 0.2) is 18.2 Å². The Bertz CT molecular complexity index is 825. The third-order valence-corrected chi connectivity index (χ3v) is 5.50. The van der Waals surface area contributed by atoms with E-state index in [1.54, 1.807) is 0 Å². The molecule has 3 rings (SSSR count). The highest BCUT2D eigenvalue weighted by molar-refractivity contribution is 7.22. The first-order valence-corrected chi connectivity index (χ1v) is 9.44. The van der Waals surface area contributed by atoms with Crippen LogP contribution in [-0.2, 0) is 14.0 Å². The van der Waals surface area contributed by atoms with Crippen molar-refractivity contribution in [2.45, 2.75) is 65.3 Å². The van der Waals surface area contributed by atoms with Crippen LogP contribution < -0.4 is 10.8 Å². The second-order valence-electron chi connectivity index (χ2n) is 8.46. The topological polar surface area (TPSA) is 69.7 Å². The summed E-state index contributed by atoms with van der Waals surface area (Å²) in [6.45, 7) is 13.6. The molecule has 2 heterocycles. The van der Waals surface area contributed by atoms with E-state index < -0.39 is 30.0 Å². The molecule has 1 saturated heterocycles. The van der Waals surface area contributed by atoms with Crippen molar-refractivity contribution < 1.29 is 18.8 Å². The van der Waals surface area contributed by atoms with E-state index in [1.807, 2.05) is 66.7 Å². The standard InChI is InChI=1S/C18H25BN2O4S/c1-16(2,3)23-15(22)21-14-20-12-10-11(8-9-13(12)26-14)19-24-17(4,5)18(6,7)25-19/h8-10H,1-7H3,(H,20,21,22). The van der Waals surface area contributed by atoms with Crippen LogP contribution in [0, 0.1) is 0 Å². The van der Waals surface area contributed by atoms with E-state index in [4.69, 9.17) is 14.0 Å². The average molecular weight is 376 g/mol. The van der Waals surface area contributed by atoms with Gasteiger partial charge in [0.15, 0.2) is 5.13 Å². The van der Waals surface area contributed by atoms with Crippen LogP contribution in [0.3, 0.4) is 0 Å². The molecule has 0 bridgehead atoms. The smallest absolute Gasteiger partial charge is 0.444 e. The summed E-state index contributed by atoms with van der Waals surface area (Å²) >= 11 is 1.40. The third-order valence-electron chi connectivity index (χ3n) is 4.54. The van der Waals surface area contributed by atoms with Crippen LogP contribution in [0.1, 0.15) is 48.5 Å². The molecule has 140 valence electrons. The Morgan fingerprint density at radius 3 is 2.38 bits per heavy atom. The number of nitrogens with one attached hydrogen (secondary N) is 1. The van der Waals surface area contributed by atoms with Gasteiger partial charge in [0.1, 0.15) is 5.60 Å². The first kappa shape index (κ1) is 19.1. The van der Waals surface area contributed by atoms with Gasteiger partial charge in [0.05, 0.1) is 21.4 Å². The highest BCUT2D eigenvalue weighted by atomic mass is 32.1. The molecule has 6 nitrogen and oxygen atoms in total. The summed E-state index contributed by atoms with van der Waals surface area (Å²) < 4.78 is 18.4. The zero-order chi connectivity index (χ0) is 19.3. The van der Waals surface area contributed by atoms with Crippen molar-refractivity contribution in [3.8, 4) is 0 Å².